The van der Waals surface area contributed by atoms with Crippen LogP contribution in [0.4, 0.5) is 0 Å². The van der Waals surface area contributed by atoms with Crippen molar-refractivity contribution in [3.63, 3.8) is 0 Å². The zero-order chi connectivity index (χ0) is 100. The molecule has 1 saturated carbocycles. The average Bonchev–Trinajstić information content (AvgIpc) is 0.793. The molecular weight excluding hydrogens is 1810 g/mol. The first-order valence-electron chi connectivity index (χ1n) is 45.0. The average molecular weight is 1960 g/mol. The Morgan fingerprint density at radius 3 is 1.08 bits per heavy atom. The Labute approximate surface area is 787 Å². The number of Topliss-reactive ketones (excluding diaryl/α,β-unsaturated/α-hetero) is 1. The molecule has 16 atom stereocenters. The molecule has 135 heavy (non-hydrogen) atoms. The smallest absolute Gasteiger partial charge is 0.303 e. The summed E-state index contributed by atoms with van der Waals surface area (Å²) >= 11 is 0. The van der Waals surface area contributed by atoms with Gasteiger partial charge in [0.1, 0.15) is 67.6 Å². The fraction of sp³-hybridized carbons (Fsp3) is 0.802. The van der Waals surface area contributed by atoms with E-state index < -0.39 is 215 Å². The summed E-state index contributed by atoms with van der Waals surface area (Å²) in [6, 6.07) is -1.35. The van der Waals surface area contributed by atoms with Gasteiger partial charge < -0.3 is 146 Å². The molecule has 1 unspecified atom stereocenters. The van der Waals surface area contributed by atoms with Gasteiger partial charge >= 0.3 is 53.7 Å². The number of esters is 9. The van der Waals surface area contributed by atoms with Crippen LogP contribution in [0.15, 0.2) is 0 Å². The second kappa shape index (κ2) is 65.0. The van der Waals surface area contributed by atoms with Gasteiger partial charge in [-0.3, -0.25) is 76.7 Å². The summed E-state index contributed by atoms with van der Waals surface area (Å²) in [6.45, 7) is 18.4. The zero-order valence-electron chi connectivity index (χ0n) is 80.1. The van der Waals surface area contributed by atoms with Gasteiger partial charge in [-0.05, 0) is 65.7 Å². The first-order valence-corrected chi connectivity index (χ1v) is 46.1. The summed E-state index contributed by atoms with van der Waals surface area (Å²) in [5.41, 5.74) is -1.54. The van der Waals surface area contributed by atoms with Crippen LogP contribution in [0.3, 0.4) is 0 Å². The summed E-state index contributed by atoms with van der Waals surface area (Å²) in [7, 11) is -1.50. The normalized spacial score (nSPS) is 23.5. The third-order valence-corrected chi connectivity index (χ3v) is 22.3. The molecule has 4 fully saturated rings. The van der Waals surface area contributed by atoms with Crippen LogP contribution in [0.1, 0.15) is 175 Å². The van der Waals surface area contributed by atoms with E-state index in [1.54, 1.807) is 0 Å². The molecule has 0 aromatic carbocycles. The SMILES string of the molecule is CC(=O)N[C@H]1[C@H](OCCOCCNCC(=O)CCOCC(COCCC(=O)NCCOCCO[C@@H]2O[C@H](COC(C)=O)[C@H](OC(C)=O)[C@H](OC(C)=O)[C@H]2NC(C)=O)(COCCC(=O)NCCOCCO[C@@H]2O[C@H](COC(C)=O)[C@H](OC(C)=O)[C@H](OC(C)=O)[C@H]2NC(C)=O)NC(=O)CCC2CCC(OP(OCCC#N)N(C(C)C)C(C)C)CC2)O[C@H](COC(C)=O)[C@H](OC(C)=O)[C@@H]1OC(C)=O. The van der Waals surface area contributed by atoms with Crippen molar-refractivity contribution in [3.05, 3.63) is 0 Å². The first kappa shape index (κ1) is 118. The highest BCUT2D eigenvalue weighted by Crippen LogP contribution is 2.49. The highest BCUT2D eigenvalue weighted by molar-refractivity contribution is 7.44. The fourth-order valence-corrected chi connectivity index (χ4v) is 16.4. The van der Waals surface area contributed by atoms with Crippen molar-refractivity contribution in [1.82, 2.24) is 41.9 Å². The van der Waals surface area contributed by atoms with Gasteiger partial charge in [-0.2, -0.15) is 5.26 Å². The van der Waals surface area contributed by atoms with Gasteiger partial charge in [0, 0.05) is 140 Å². The molecule has 1 aliphatic carbocycles. The van der Waals surface area contributed by atoms with Crippen LogP contribution < -0.4 is 37.2 Å². The summed E-state index contributed by atoms with van der Waals surface area (Å²) in [5, 5.41) is 28.7. The lowest BCUT2D eigenvalue weighted by Gasteiger charge is -2.44. The van der Waals surface area contributed by atoms with Gasteiger partial charge in [-0.1, -0.05) is 0 Å². The second-order valence-corrected chi connectivity index (χ2v) is 34.0. The monoisotopic (exact) mass is 1950 g/mol. The number of ketones is 1. The summed E-state index contributed by atoms with van der Waals surface area (Å²) in [4.78, 5) is 201. The fourth-order valence-electron chi connectivity index (χ4n) is 14.6. The number of nitriles is 1. The Hall–Kier alpha value is -9.00. The Kier molecular flexibility index (Phi) is 56.9. The predicted molar refractivity (Wildman–Crippen MR) is 465 cm³/mol. The van der Waals surface area contributed by atoms with Crippen molar-refractivity contribution in [3.8, 4) is 6.07 Å². The molecule has 0 bridgehead atoms. The van der Waals surface area contributed by atoms with Crippen molar-refractivity contribution in [2.24, 2.45) is 5.92 Å². The van der Waals surface area contributed by atoms with Gasteiger partial charge in [0.05, 0.1) is 131 Å². The molecule has 7 N–H and O–H groups in total. The summed E-state index contributed by atoms with van der Waals surface area (Å²) in [5.74, 6) is -10.1. The number of amides is 6. The minimum Gasteiger partial charge on any atom is -0.463 e. The molecule has 6 amide bonds. The Balaban J connectivity index is 1.50. The standard InChI is InChI=1S/C86H140N9O39P/c1-51(2)95(52(3)4)135(124-31-17-27-87)134-67-21-18-65(19-22-67)20-23-73(111)94-86(49-116-33-25-71(109)89-29-36-113-39-42-119-84-75(92-54(6)97)81(129-63(15)106)78(126-60(12)103)69(132-84)46-122-57(9)100,50-117-34-26-72(110)90-30-37-114-40-43-120-85-76(93-55(7)98)82(130-64(16)107)79(127-61(13)104)70(133-85)47-123-58(10)101)48-115-32-24-66(108)44-88-28-35-112-38-41-118-83-74(91-53(5)96)80(128-62(14)105)77(125-59(11)102)68(131-83)45-121-56(8)99/h51-52,65,67-70,74-85,88H,17-26,28-50H2,1-16H3,(H,89,109)(H,90,110)(H,91,96)(H,92,97)(H,93,98)(H,94,111)/t65?,67?,68-,69-,70-,74-,75-,76-,77+,78+,79+,80-,81-,82-,83-,84-,85-,135?/m1/s1. The lowest BCUT2D eigenvalue weighted by atomic mass is 9.84. The van der Waals surface area contributed by atoms with E-state index in [2.05, 4.69) is 75.7 Å². The third kappa shape index (κ3) is 48.2. The molecule has 4 aliphatic rings. The Morgan fingerprint density at radius 1 is 0.400 bits per heavy atom. The van der Waals surface area contributed by atoms with Gasteiger partial charge in [0.25, 0.3) is 8.53 Å². The third-order valence-electron chi connectivity index (χ3n) is 20.1. The van der Waals surface area contributed by atoms with Crippen molar-refractivity contribution < 1.29 is 185 Å². The number of carbonyl (C=O) groups is 16. The maximum absolute atomic E-state index is 14.5. The molecule has 0 aromatic rings. The van der Waals surface area contributed by atoms with Crippen LogP contribution in [0.25, 0.3) is 0 Å². The molecule has 48 nitrogen and oxygen atoms in total. The zero-order valence-corrected chi connectivity index (χ0v) is 81.0. The number of nitrogens with zero attached hydrogens (tertiary/aromatic N) is 2. The van der Waals surface area contributed by atoms with E-state index in [0.29, 0.717) is 19.3 Å². The minimum absolute atomic E-state index is 0.00584. The lowest BCUT2D eigenvalue weighted by Crippen LogP contribution is -2.66. The van der Waals surface area contributed by atoms with E-state index in [4.69, 9.17) is 109 Å². The molecule has 3 aliphatic heterocycles. The quantitative estimate of drug-likeness (QED) is 0.0184. The van der Waals surface area contributed by atoms with Crippen LogP contribution in [0.5, 0.6) is 0 Å². The molecule has 0 radical (unpaired) electrons. The van der Waals surface area contributed by atoms with Gasteiger partial charge in [0.15, 0.2) is 55.5 Å². The van der Waals surface area contributed by atoms with Crippen LogP contribution in [-0.2, 0) is 185 Å². The number of hydrogen-bond donors (Lipinski definition) is 7. The maximum Gasteiger partial charge on any atom is 0.303 e. The second-order valence-electron chi connectivity index (χ2n) is 32.6. The molecular formula is C86H140N9O39P. The molecule has 0 spiro atoms. The van der Waals surface area contributed by atoms with Crippen molar-refractivity contribution in [2.75, 3.05) is 152 Å². The van der Waals surface area contributed by atoms with E-state index in [9.17, 15) is 82.0 Å². The van der Waals surface area contributed by atoms with E-state index in [1.807, 2.05) is 0 Å². The highest BCUT2D eigenvalue weighted by atomic mass is 31.2. The molecule has 4 rings (SSSR count). The van der Waals surface area contributed by atoms with Crippen molar-refractivity contribution >= 4 is 103 Å². The largest absolute Gasteiger partial charge is 0.463 e. The summed E-state index contributed by atoms with van der Waals surface area (Å²) < 4.78 is 135. The Morgan fingerprint density at radius 2 is 0.748 bits per heavy atom. The minimum atomic E-state index is -1.54. The molecule has 49 heteroatoms. The number of hydrogen-bond acceptors (Lipinski definition) is 42. The van der Waals surface area contributed by atoms with Gasteiger partial charge in [0.2, 0.25) is 35.4 Å². The van der Waals surface area contributed by atoms with Crippen LogP contribution in [0, 0.1) is 17.2 Å². The topological polar surface area (TPSA) is 597 Å². The van der Waals surface area contributed by atoms with Crippen LogP contribution >= 0.6 is 8.53 Å². The van der Waals surface area contributed by atoms with Crippen LogP contribution in [0.2, 0.25) is 0 Å². The van der Waals surface area contributed by atoms with E-state index >= 15 is 0 Å². The number of ether oxygens (including phenoxy) is 21. The first-order chi connectivity index (χ1) is 64.1. The molecule has 768 valence electrons. The number of carbonyl (C=O) groups excluding carboxylic acids is 16. The van der Waals surface area contributed by atoms with E-state index in [0.717, 1.165) is 75.2 Å². The molecule has 3 saturated heterocycles. The van der Waals surface area contributed by atoms with Gasteiger partial charge in [-0.15, -0.1) is 0 Å². The van der Waals surface area contributed by atoms with Crippen molar-refractivity contribution in [2.45, 2.75) is 291 Å². The van der Waals surface area contributed by atoms with Gasteiger partial charge in [-0.25, -0.2) is 4.67 Å². The number of rotatable bonds is 65. The summed E-state index contributed by atoms with van der Waals surface area (Å²) in [6.07, 6.45) is -12.9. The number of nitrogens with one attached hydrogen (secondary N) is 7. The van der Waals surface area contributed by atoms with E-state index in [1.165, 1.54) is 20.8 Å². The maximum atomic E-state index is 14.5. The predicted octanol–water partition coefficient (Wildman–Crippen LogP) is 0.152. The van der Waals surface area contributed by atoms with E-state index in [-0.39, 0.29) is 194 Å². The van der Waals surface area contributed by atoms with Crippen molar-refractivity contribution in [1.29, 1.82) is 5.26 Å². The molecule has 3 heterocycles. The Bertz CT molecular complexity index is 3630. The lowest BCUT2D eigenvalue weighted by molar-refractivity contribution is -0.279. The highest BCUT2D eigenvalue weighted by Gasteiger charge is 2.55. The molecule has 0 aromatic heterocycles. The van der Waals surface area contributed by atoms with Crippen LogP contribution in [-0.4, -0.2) is 367 Å².